The number of hydrogen-bond donors (Lipinski definition) is 0. The number of aromatic nitrogens is 2. The molecule has 1 aromatic carbocycles. The summed E-state index contributed by atoms with van der Waals surface area (Å²) in [7, 11) is 1.63. The van der Waals surface area contributed by atoms with E-state index in [1.54, 1.807) is 34.8 Å². The first-order valence-electron chi connectivity index (χ1n) is 8.47. The highest BCUT2D eigenvalue weighted by atomic mass is 32.2. The number of methoxy groups -OCH3 is 1. The summed E-state index contributed by atoms with van der Waals surface area (Å²) in [5.41, 5.74) is 1.99. The van der Waals surface area contributed by atoms with Crippen LogP contribution < -0.4 is 10.3 Å². The zero-order valence-electron chi connectivity index (χ0n) is 14.5. The van der Waals surface area contributed by atoms with E-state index in [2.05, 4.69) is 13.8 Å². The molecule has 0 amide bonds. The van der Waals surface area contributed by atoms with Gasteiger partial charge in [-0.1, -0.05) is 37.7 Å². The summed E-state index contributed by atoms with van der Waals surface area (Å²) in [6, 6.07) is 7.64. The normalized spacial score (nSPS) is 13.6. The number of aryl methyl sites for hydroxylation is 2. The van der Waals surface area contributed by atoms with E-state index < -0.39 is 0 Å². The van der Waals surface area contributed by atoms with Gasteiger partial charge in [0.2, 0.25) is 0 Å². The lowest BCUT2D eigenvalue weighted by Crippen LogP contribution is -2.22. The van der Waals surface area contributed by atoms with Crippen molar-refractivity contribution in [2.75, 3.05) is 7.11 Å². The van der Waals surface area contributed by atoms with Crippen molar-refractivity contribution in [2.24, 2.45) is 0 Å². The highest BCUT2D eigenvalue weighted by molar-refractivity contribution is 7.99. The lowest BCUT2D eigenvalue weighted by atomic mass is 10.2. The molecular weight excluding hydrogens is 352 g/mol. The summed E-state index contributed by atoms with van der Waals surface area (Å²) in [5, 5.41) is 1.87. The lowest BCUT2D eigenvalue weighted by molar-refractivity contribution is 0.411. The lowest BCUT2D eigenvalue weighted by Gasteiger charge is -2.16. The van der Waals surface area contributed by atoms with Gasteiger partial charge in [-0.3, -0.25) is 9.36 Å². The largest absolute Gasteiger partial charge is 0.495 e. The van der Waals surface area contributed by atoms with Crippen molar-refractivity contribution < 1.29 is 4.74 Å². The standard InChI is InChI=1S/C19H20N2O2S2/c1-11(2)24-19-20-17-16(12-7-6-10-15(12)25-17)18(22)21(19)13-8-4-5-9-14(13)23-3/h4-5,8-9,11H,6-7,10H2,1-3H3. The minimum absolute atomic E-state index is 0.0250. The number of thiophene rings is 1. The summed E-state index contributed by atoms with van der Waals surface area (Å²) in [4.78, 5) is 20.6. The summed E-state index contributed by atoms with van der Waals surface area (Å²) >= 11 is 3.30. The van der Waals surface area contributed by atoms with Gasteiger partial charge in [0.05, 0.1) is 18.2 Å². The summed E-state index contributed by atoms with van der Waals surface area (Å²) in [5.74, 6) is 0.684. The van der Waals surface area contributed by atoms with Gasteiger partial charge in [0, 0.05) is 10.1 Å². The Morgan fingerprint density at radius 1 is 1.28 bits per heavy atom. The fourth-order valence-corrected chi connectivity index (χ4v) is 5.50. The molecule has 4 nitrogen and oxygen atoms in total. The predicted octanol–water partition coefficient (Wildman–Crippen LogP) is 4.45. The second-order valence-electron chi connectivity index (χ2n) is 6.41. The van der Waals surface area contributed by atoms with Gasteiger partial charge in [-0.05, 0) is 37.0 Å². The maximum Gasteiger partial charge on any atom is 0.267 e. The van der Waals surface area contributed by atoms with Gasteiger partial charge in [0.1, 0.15) is 10.6 Å². The van der Waals surface area contributed by atoms with Crippen LogP contribution in [0.5, 0.6) is 5.75 Å². The van der Waals surface area contributed by atoms with Crippen LogP contribution in [0.4, 0.5) is 0 Å². The molecule has 4 rings (SSSR count). The maximum atomic E-state index is 13.5. The van der Waals surface area contributed by atoms with Crippen LogP contribution in [0.3, 0.4) is 0 Å². The van der Waals surface area contributed by atoms with Crippen LogP contribution in [0.1, 0.15) is 30.7 Å². The van der Waals surface area contributed by atoms with E-state index in [0.717, 1.165) is 40.3 Å². The first-order valence-corrected chi connectivity index (χ1v) is 10.2. The Labute approximate surface area is 154 Å². The number of thioether (sulfide) groups is 1. The monoisotopic (exact) mass is 372 g/mol. The number of benzene rings is 1. The first-order chi connectivity index (χ1) is 12.1. The molecule has 0 saturated carbocycles. The molecule has 0 N–H and O–H groups in total. The molecule has 2 aromatic heterocycles. The highest BCUT2D eigenvalue weighted by Gasteiger charge is 2.25. The molecule has 0 aliphatic heterocycles. The SMILES string of the molecule is COc1ccccc1-n1c(SC(C)C)nc2sc3c(c2c1=O)CCC3. The van der Waals surface area contributed by atoms with E-state index in [9.17, 15) is 4.79 Å². The van der Waals surface area contributed by atoms with E-state index in [0.29, 0.717) is 11.0 Å². The zero-order chi connectivity index (χ0) is 17.6. The summed E-state index contributed by atoms with van der Waals surface area (Å²) in [6.45, 7) is 4.23. The number of fused-ring (bicyclic) bond motifs is 3. The molecule has 2 heterocycles. The molecule has 1 aliphatic carbocycles. The number of para-hydroxylation sites is 2. The quantitative estimate of drug-likeness (QED) is 0.501. The van der Waals surface area contributed by atoms with Crippen molar-refractivity contribution >= 4 is 33.3 Å². The van der Waals surface area contributed by atoms with Gasteiger partial charge in [-0.25, -0.2) is 4.98 Å². The molecule has 3 aromatic rings. The van der Waals surface area contributed by atoms with Gasteiger partial charge in [-0.2, -0.15) is 0 Å². The number of hydrogen-bond acceptors (Lipinski definition) is 5. The molecule has 0 atom stereocenters. The van der Waals surface area contributed by atoms with Crippen molar-refractivity contribution in [1.29, 1.82) is 0 Å². The van der Waals surface area contributed by atoms with E-state index in [1.165, 1.54) is 10.4 Å². The van der Waals surface area contributed by atoms with E-state index in [4.69, 9.17) is 9.72 Å². The Balaban J connectivity index is 2.06. The topological polar surface area (TPSA) is 44.1 Å². The number of nitrogens with zero attached hydrogens (tertiary/aromatic N) is 2. The van der Waals surface area contributed by atoms with Crippen LogP contribution in [0.15, 0.2) is 34.2 Å². The average Bonchev–Trinajstić information content (AvgIpc) is 3.15. The van der Waals surface area contributed by atoms with Gasteiger partial charge in [0.15, 0.2) is 5.16 Å². The summed E-state index contributed by atoms with van der Waals surface area (Å²) < 4.78 is 7.24. The molecule has 0 saturated heterocycles. The van der Waals surface area contributed by atoms with Crippen LogP contribution in [0.25, 0.3) is 15.9 Å². The predicted molar refractivity (Wildman–Crippen MR) is 105 cm³/mol. The minimum atomic E-state index is 0.0250. The van der Waals surface area contributed by atoms with Crippen molar-refractivity contribution in [3.8, 4) is 11.4 Å². The fourth-order valence-electron chi connectivity index (χ4n) is 3.34. The molecule has 0 bridgehead atoms. The molecule has 1 aliphatic rings. The molecule has 0 fully saturated rings. The van der Waals surface area contributed by atoms with E-state index >= 15 is 0 Å². The molecule has 0 radical (unpaired) electrons. The fraction of sp³-hybridized carbons (Fsp3) is 0.368. The average molecular weight is 373 g/mol. The Kier molecular flexibility index (Phi) is 4.33. The minimum Gasteiger partial charge on any atom is -0.495 e. The molecular formula is C19H20N2O2S2. The molecule has 25 heavy (non-hydrogen) atoms. The second-order valence-corrected chi connectivity index (χ2v) is 9.04. The smallest absolute Gasteiger partial charge is 0.267 e. The van der Waals surface area contributed by atoms with Crippen LogP contribution in [-0.4, -0.2) is 21.9 Å². The maximum absolute atomic E-state index is 13.5. The van der Waals surface area contributed by atoms with Crippen LogP contribution in [0.2, 0.25) is 0 Å². The van der Waals surface area contributed by atoms with Crippen LogP contribution >= 0.6 is 23.1 Å². The van der Waals surface area contributed by atoms with Gasteiger partial charge in [0.25, 0.3) is 5.56 Å². The zero-order valence-corrected chi connectivity index (χ0v) is 16.2. The van der Waals surface area contributed by atoms with Crippen molar-refractivity contribution in [2.45, 2.75) is 43.5 Å². The van der Waals surface area contributed by atoms with E-state index in [-0.39, 0.29) is 5.56 Å². The van der Waals surface area contributed by atoms with Gasteiger partial charge < -0.3 is 4.74 Å². The Morgan fingerprint density at radius 2 is 2.08 bits per heavy atom. The van der Waals surface area contributed by atoms with Gasteiger partial charge >= 0.3 is 0 Å². The molecule has 0 spiro atoms. The van der Waals surface area contributed by atoms with Crippen molar-refractivity contribution in [1.82, 2.24) is 9.55 Å². The highest BCUT2D eigenvalue weighted by Crippen LogP contribution is 2.37. The number of rotatable bonds is 4. The Bertz CT molecular complexity index is 1000. The van der Waals surface area contributed by atoms with Crippen LogP contribution in [-0.2, 0) is 12.8 Å². The molecule has 130 valence electrons. The molecule has 0 unspecified atom stereocenters. The summed E-state index contributed by atoms with van der Waals surface area (Å²) in [6.07, 6.45) is 3.18. The number of ether oxygens (including phenoxy) is 1. The van der Waals surface area contributed by atoms with Gasteiger partial charge in [-0.15, -0.1) is 11.3 Å². The Morgan fingerprint density at radius 3 is 2.84 bits per heavy atom. The Hall–Kier alpha value is -1.79. The molecule has 6 heteroatoms. The second kappa shape index (κ2) is 6.50. The van der Waals surface area contributed by atoms with Crippen molar-refractivity contribution in [3.05, 3.63) is 45.1 Å². The van der Waals surface area contributed by atoms with Crippen LogP contribution in [0, 0.1) is 0 Å². The first kappa shape index (κ1) is 16.7. The van der Waals surface area contributed by atoms with E-state index in [1.807, 2.05) is 24.3 Å². The van der Waals surface area contributed by atoms with Crippen molar-refractivity contribution in [3.63, 3.8) is 0 Å². The third kappa shape index (κ3) is 2.77. The third-order valence-electron chi connectivity index (χ3n) is 4.38. The third-order valence-corrected chi connectivity index (χ3v) is 6.52.